The quantitative estimate of drug-likeness (QED) is 0.867. The molecule has 102 valence electrons. The molecule has 0 aliphatic carbocycles. The van der Waals surface area contributed by atoms with Gasteiger partial charge in [-0.1, -0.05) is 12.1 Å². The maximum absolute atomic E-state index is 5.32. The van der Waals surface area contributed by atoms with Crippen LogP contribution in [0.3, 0.4) is 0 Å². The molecule has 2 unspecified atom stereocenters. The summed E-state index contributed by atoms with van der Waals surface area (Å²) in [7, 11) is 1.73. The summed E-state index contributed by atoms with van der Waals surface area (Å²) >= 11 is 0. The molecule has 0 aliphatic heterocycles. The number of methoxy groups -OCH3 is 1. The van der Waals surface area contributed by atoms with Gasteiger partial charge < -0.3 is 10.1 Å². The molecule has 2 aromatic rings. The van der Waals surface area contributed by atoms with Crippen LogP contribution in [0.5, 0.6) is 0 Å². The Morgan fingerprint density at radius 3 is 2.84 bits per heavy atom. The minimum absolute atomic E-state index is 0.176. The molecule has 1 N–H and O–H groups in total. The van der Waals surface area contributed by atoms with Gasteiger partial charge in [-0.05, 0) is 37.6 Å². The van der Waals surface area contributed by atoms with E-state index in [1.807, 2.05) is 16.9 Å². The molecule has 0 bridgehead atoms. The average molecular weight is 259 g/mol. The summed E-state index contributed by atoms with van der Waals surface area (Å²) in [6.45, 7) is 4.97. The van der Waals surface area contributed by atoms with Gasteiger partial charge in [0.15, 0.2) is 0 Å². The van der Waals surface area contributed by atoms with E-state index in [0.717, 1.165) is 12.2 Å². The fourth-order valence-electron chi connectivity index (χ4n) is 1.92. The highest BCUT2D eigenvalue weighted by atomic mass is 16.5. The molecule has 0 radical (unpaired) electrons. The lowest BCUT2D eigenvalue weighted by Crippen LogP contribution is -2.29. The summed E-state index contributed by atoms with van der Waals surface area (Å²) in [5.74, 6) is 0. The second-order valence-corrected chi connectivity index (χ2v) is 4.78. The fraction of sp³-hybridized carbons (Fsp3) is 0.400. The van der Waals surface area contributed by atoms with Crippen molar-refractivity contribution in [3.63, 3.8) is 0 Å². The average Bonchev–Trinajstić information content (AvgIpc) is 2.91. The van der Waals surface area contributed by atoms with Gasteiger partial charge in [0, 0.05) is 31.2 Å². The number of aromatic nitrogens is 2. The van der Waals surface area contributed by atoms with Gasteiger partial charge in [0.25, 0.3) is 0 Å². The van der Waals surface area contributed by atoms with E-state index >= 15 is 0 Å². The molecule has 1 aromatic carbocycles. The lowest BCUT2D eigenvalue weighted by molar-refractivity contribution is 0.106. The Hall–Kier alpha value is -1.81. The number of hydrogen-bond acceptors (Lipinski definition) is 3. The van der Waals surface area contributed by atoms with Crippen LogP contribution in [-0.2, 0) is 11.3 Å². The van der Waals surface area contributed by atoms with E-state index in [4.69, 9.17) is 4.74 Å². The number of benzene rings is 1. The lowest BCUT2D eigenvalue weighted by Gasteiger charge is -2.21. The van der Waals surface area contributed by atoms with E-state index < -0.39 is 0 Å². The first-order valence-corrected chi connectivity index (χ1v) is 6.54. The van der Waals surface area contributed by atoms with Crippen molar-refractivity contribution in [2.75, 3.05) is 12.4 Å². The van der Waals surface area contributed by atoms with Crippen molar-refractivity contribution < 1.29 is 4.74 Å². The SMILES string of the molecule is COC(C)C(C)Nc1cccc(Cn2cccn2)c1. The van der Waals surface area contributed by atoms with Gasteiger partial charge in [-0.3, -0.25) is 4.68 Å². The van der Waals surface area contributed by atoms with Crippen LogP contribution in [0.2, 0.25) is 0 Å². The van der Waals surface area contributed by atoms with Crippen molar-refractivity contribution in [2.24, 2.45) is 0 Å². The fourth-order valence-corrected chi connectivity index (χ4v) is 1.92. The Labute approximate surface area is 114 Å². The first kappa shape index (κ1) is 13.6. The third kappa shape index (κ3) is 3.83. The second kappa shape index (κ2) is 6.38. The Morgan fingerprint density at radius 2 is 2.16 bits per heavy atom. The third-order valence-electron chi connectivity index (χ3n) is 3.30. The highest BCUT2D eigenvalue weighted by Crippen LogP contribution is 2.14. The van der Waals surface area contributed by atoms with Crippen LogP contribution in [0.25, 0.3) is 0 Å². The van der Waals surface area contributed by atoms with Gasteiger partial charge in [0.2, 0.25) is 0 Å². The zero-order valence-electron chi connectivity index (χ0n) is 11.7. The number of hydrogen-bond donors (Lipinski definition) is 1. The molecule has 0 saturated carbocycles. The first-order chi connectivity index (χ1) is 9.19. The van der Waals surface area contributed by atoms with Crippen molar-refractivity contribution in [1.82, 2.24) is 9.78 Å². The van der Waals surface area contributed by atoms with Crippen molar-refractivity contribution in [2.45, 2.75) is 32.5 Å². The van der Waals surface area contributed by atoms with Crippen molar-refractivity contribution in [3.05, 3.63) is 48.3 Å². The standard InChI is InChI=1S/C15H21N3O/c1-12(13(2)19-3)17-15-7-4-6-14(10-15)11-18-9-5-8-16-18/h4-10,12-13,17H,11H2,1-3H3. The maximum atomic E-state index is 5.32. The number of nitrogens with one attached hydrogen (secondary N) is 1. The molecule has 19 heavy (non-hydrogen) atoms. The predicted molar refractivity (Wildman–Crippen MR) is 77.3 cm³/mol. The molecule has 0 amide bonds. The predicted octanol–water partition coefficient (Wildman–Crippen LogP) is 2.77. The zero-order valence-corrected chi connectivity index (χ0v) is 11.7. The van der Waals surface area contributed by atoms with Crippen molar-refractivity contribution >= 4 is 5.69 Å². The van der Waals surface area contributed by atoms with E-state index in [0.29, 0.717) is 0 Å². The van der Waals surface area contributed by atoms with Gasteiger partial charge in [0.05, 0.1) is 12.6 Å². The van der Waals surface area contributed by atoms with Crippen LogP contribution in [-0.4, -0.2) is 29.0 Å². The van der Waals surface area contributed by atoms with E-state index in [-0.39, 0.29) is 12.1 Å². The molecule has 0 saturated heterocycles. The van der Waals surface area contributed by atoms with Crippen LogP contribution in [0.15, 0.2) is 42.7 Å². The Bertz CT molecular complexity index is 496. The molecule has 2 atom stereocenters. The van der Waals surface area contributed by atoms with Crippen LogP contribution in [0, 0.1) is 0 Å². The van der Waals surface area contributed by atoms with Gasteiger partial charge in [-0.15, -0.1) is 0 Å². The molecular weight excluding hydrogens is 238 g/mol. The summed E-state index contributed by atoms with van der Waals surface area (Å²) < 4.78 is 7.24. The molecule has 0 aliphatic rings. The summed E-state index contributed by atoms with van der Waals surface area (Å²) in [6, 6.07) is 10.6. The van der Waals surface area contributed by atoms with Crippen molar-refractivity contribution in [1.29, 1.82) is 0 Å². The Balaban J connectivity index is 2.02. The molecule has 2 rings (SSSR count). The minimum atomic E-state index is 0.176. The molecule has 4 heteroatoms. The van der Waals surface area contributed by atoms with Gasteiger partial charge in [0.1, 0.15) is 0 Å². The first-order valence-electron chi connectivity index (χ1n) is 6.54. The van der Waals surface area contributed by atoms with Gasteiger partial charge >= 0.3 is 0 Å². The largest absolute Gasteiger partial charge is 0.380 e. The number of anilines is 1. The van der Waals surface area contributed by atoms with Crippen LogP contribution < -0.4 is 5.32 Å². The van der Waals surface area contributed by atoms with Crippen LogP contribution >= 0.6 is 0 Å². The zero-order chi connectivity index (χ0) is 13.7. The highest BCUT2D eigenvalue weighted by molar-refractivity contribution is 5.46. The topological polar surface area (TPSA) is 39.1 Å². The van der Waals surface area contributed by atoms with Crippen LogP contribution in [0.4, 0.5) is 5.69 Å². The molecule has 0 spiro atoms. The monoisotopic (exact) mass is 259 g/mol. The normalized spacial score (nSPS) is 14.1. The maximum Gasteiger partial charge on any atom is 0.0741 e. The van der Waals surface area contributed by atoms with Crippen molar-refractivity contribution in [3.8, 4) is 0 Å². The number of ether oxygens (including phenoxy) is 1. The molecular formula is C15H21N3O. The van der Waals surface area contributed by atoms with E-state index in [2.05, 4.69) is 48.5 Å². The summed E-state index contributed by atoms with van der Waals surface area (Å²) in [6.07, 6.45) is 3.94. The van der Waals surface area contributed by atoms with E-state index in [9.17, 15) is 0 Å². The van der Waals surface area contributed by atoms with E-state index in [1.54, 1.807) is 13.3 Å². The molecule has 1 aromatic heterocycles. The Morgan fingerprint density at radius 1 is 1.32 bits per heavy atom. The number of nitrogens with zero attached hydrogens (tertiary/aromatic N) is 2. The third-order valence-corrected chi connectivity index (χ3v) is 3.30. The highest BCUT2D eigenvalue weighted by Gasteiger charge is 2.10. The summed E-state index contributed by atoms with van der Waals surface area (Å²) in [5, 5.41) is 7.68. The number of rotatable bonds is 6. The lowest BCUT2D eigenvalue weighted by atomic mass is 10.1. The van der Waals surface area contributed by atoms with Gasteiger partial charge in [-0.2, -0.15) is 5.10 Å². The summed E-state index contributed by atoms with van der Waals surface area (Å²) in [5.41, 5.74) is 2.34. The van der Waals surface area contributed by atoms with E-state index in [1.165, 1.54) is 5.56 Å². The van der Waals surface area contributed by atoms with Gasteiger partial charge in [-0.25, -0.2) is 0 Å². The molecule has 4 nitrogen and oxygen atoms in total. The molecule has 0 fully saturated rings. The summed E-state index contributed by atoms with van der Waals surface area (Å²) in [4.78, 5) is 0. The second-order valence-electron chi connectivity index (χ2n) is 4.78. The van der Waals surface area contributed by atoms with Crippen LogP contribution in [0.1, 0.15) is 19.4 Å². The minimum Gasteiger partial charge on any atom is -0.380 e. The Kier molecular flexibility index (Phi) is 4.58. The molecule has 1 heterocycles. The smallest absolute Gasteiger partial charge is 0.0741 e.